The number of nitrogens with one attached hydrogen (secondary N) is 1. The van der Waals surface area contributed by atoms with Crippen LogP contribution < -0.4 is 5.32 Å². The molecule has 1 aliphatic heterocycles. The standard InChI is InChI=1S/C19H14N4/c20-14-18-12-6-10-16(22-18)8-4-2-1-3-5-9-17-11-7-13-19(15-21)23-17/h6-7,10-13,16,22H,1-3H2. The zero-order chi connectivity index (χ0) is 16.3. The van der Waals surface area contributed by atoms with Gasteiger partial charge in [-0.15, -0.1) is 5.92 Å². The van der Waals surface area contributed by atoms with Gasteiger partial charge in [0.25, 0.3) is 0 Å². The molecule has 4 heteroatoms. The quantitative estimate of drug-likeness (QED) is 0.672. The fourth-order valence-corrected chi connectivity index (χ4v) is 1.85. The van der Waals surface area contributed by atoms with Crippen molar-refractivity contribution in [3.05, 3.63) is 53.5 Å². The molecule has 1 aromatic rings. The largest absolute Gasteiger partial charge is 0.360 e. The first-order valence-corrected chi connectivity index (χ1v) is 7.21. The van der Waals surface area contributed by atoms with E-state index in [9.17, 15) is 0 Å². The highest BCUT2D eigenvalue weighted by Gasteiger charge is 2.04. The summed E-state index contributed by atoms with van der Waals surface area (Å²) in [5.74, 6) is 12.1. The van der Waals surface area contributed by atoms with Crippen LogP contribution in [0.4, 0.5) is 0 Å². The van der Waals surface area contributed by atoms with E-state index < -0.39 is 0 Å². The second-order valence-electron chi connectivity index (χ2n) is 4.70. The average Bonchev–Trinajstić information content (AvgIpc) is 2.61. The van der Waals surface area contributed by atoms with Gasteiger partial charge in [0.1, 0.15) is 35.3 Å². The van der Waals surface area contributed by atoms with Crippen LogP contribution >= 0.6 is 0 Å². The molecule has 1 N–H and O–H groups in total. The minimum absolute atomic E-state index is 0.0985. The van der Waals surface area contributed by atoms with E-state index in [1.807, 2.05) is 18.2 Å². The lowest BCUT2D eigenvalue weighted by atomic mass is 10.1. The van der Waals surface area contributed by atoms with Crippen LogP contribution in [-0.2, 0) is 0 Å². The number of unbranched alkanes of at least 4 members (excludes halogenated alkanes) is 2. The lowest BCUT2D eigenvalue weighted by Gasteiger charge is -2.11. The van der Waals surface area contributed by atoms with Gasteiger partial charge in [-0.3, -0.25) is 0 Å². The van der Waals surface area contributed by atoms with Crippen LogP contribution in [0.25, 0.3) is 0 Å². The van der Waals surface area contributed by atoms with Crippen LogP contribution in [0.15, 0.2) is 42.1 Å². The molecular formula is C19H14N4. The lowest BCUT2D eigenvalue weighted by molar-refractivity contribution is 0.815. The zero-order valence-electron chi connectivity index (χ0n) is 12.5. The summed E-state index contributed by atoms with van der Waals surface area (Å²) in [6, 6.07) is 9.17. The molecule has 0 aliphatic carbocycles. The molecule has 2 heterocycles. The Morgan fingerprint density at radius 2 is 1.91 bits per heavy atom. The van der Waals surface area contributed by atoms with E-state index in [1.165, 1.54) is 0 Å². The van der Waals surface area contributed by atoms with Crippen molar-refractivity contribution in [2.24, 2.45) is 0 Å². The molecule has 110 valence electrons. The number of hydrogen-bond acceptors (Lipinski definition) is 4. The maximum absolute atomic E-state index is 8.80. The number of pyridine rings is 1. The summed E-state index contributed by atoms with van der Waals surface area (Å²) in [6.07, 6.45) is 7.82. The monoisotopic (exact) mass is 298 g/mol. The molecule has 0 radical (unpaired) electrons. The third-order valence-corrected chi connectivity index (χ3v) is 2.94. The van der Waals surface area contributed by atoms with Gasteiger partial charge < -0.3 is 5.32 Å². The molecule has 2 rings (SSSR count). The lowest BCUT2D eigenvalue weighted by Crippen LogP contribution is -2.26. The predicted molar refractivity (Wildman–Crippen MR) is 87.2 cm³/mol. The first-order chi connectivity index (χ1) is 11.3. The number of dihydropyridines is 1. The Morgan fingerprint density at radius 3 is 2.74 bits per heavy atom. The number of allylic oxidation sites excluding steroid dienone is 3. The SMILES string of the molecule is N#CC1=CC=CC(C#CCCCC#Cc2cccc(C#N)n2)N1. The van der Waals surface area contributed by atoms with Crippen molar-refractivity contribution in [3.8, 4) is 35.8 Å². The highest BCUT2D eigenvalue weighted by atomic mass is 14.9. The predicted octanol–water partition coefficient (Wildman–Crippen LogP) is 2.41. The number of hydrogen-bond donors (Lipinski definition) is 1. The Hall–Kier alpha value is -3.47. The highest BCUT2D eigenvalue weighted by molar-refractivity contribution is 5.34. The van der Waals surface area contributed by atoms with E-state index in [0.29, 0.717) is 17.1 Å². The first kappa shape index (κ1) is 15.9. The van der Waals surface area contributed by atoms with Gasteiger partial charge in [0.05, 0.1) is 0 Å². The maximum Gasteiger partial charge on any atom is 0.141 e. The average molecular weight is 298 g/mol. The van der Waals surface area contributed by atoms with Gasteiger partial charge in [0.15, 0.2) is 0 Å². The molecule has 1 unspecified atom stereocenters. The van der Waals surface area contributed by atoms with E-state index in [4.69, 9.17) is 10.5 Å². The molecule has 1 atom stereocenters. The van der Waals surface area contributed by atoms with Crippen molar-refractivity contribution >= 4 is 0 Å². The van der Waals surface area contributed by atoms with E-state index in [1.54, 1.807) is 24.3 Å². The fourth-order valence-electron chi connectivity index (χ4n) is 1.85. The van der Waals surface area contributed by atoms with Crippen LogP contribution in [0.5, 0.6) is 0 Å². The molecule has 0 amide bonds. The Bertz CT molecular complexity index is 826. The summed E-state index contributed by atoms with van der Waals surface area (Å²) in [5, 5.41) is 20.6. The van der Waals surface area contributed by atoms with E-state index in [0.717, 1.165) is 19.3 Å². The van der Waals surface area contributed by atoms with E-state index >= 15 is 0 Å². The van der Waals surface area contributed by atoms with Gasteiger partial charge in [-0.1, -0.05) is 30.1 Å². The summed E-state index contributed by atoms with van der Waals surface area (Å²) in [6.45, 7) is 0. The second kappa shape index (κ2) is 8.74. The Kier molecular flexibility index (Phi) is 6.04. The second-order valence-corrected chi connectivity index (χ2v) is 4.70. The van der Waals surface area contributed by atoms with E-state index in [2.05, 4.69) is 40.1 Å². The van der Waals surface area contributed by atoms with E-state index in [-0.39, 0.29) is 6.04 Å². The summed E-state index contributed by atoms with van der Waals surface area (Å²) < 4.78 is 0. The van der Waals surface area contributed by atoms with Crippen LogP contribution in [0, 0.1) is 46.3 Å². The summed E-state index contributed by atoms with van der Waals surface area (Å²) in [7, 11) is 0. The van der Waals surface area contributed by atoms with Gasteiger partial charge in [-0.05, 0) is 30.6 Å². The molecule has 0 saturated carbocycles. The summed E-state index contributed by atoms with van der Waals surface area (Å²) >= 11 is 0. The fraction of sp³-hybridized carbons (Fsp3) is 0.211. The van der Waals surface area contributed by atoms with Crippen LogP contribution in [0.3, 0.4) is 0 Å². The minimum atomic E-state index is -0.0985. The highest BCUT2D eigenvalue weighted by Crippen LogP contribution is 2.01. The van der Waals surface area contributed by atoms with Crippen molar-refractivity contribution < 1.29 is 0 Å². The van der Waals surface area contributed by atoms with Crippen LogP contribution in [0.1, 0.15) is 30.7 Å². The molecule has 1 aromatic heterocycles. The Morgan fingerprint density at radius 1 is 1.09 bits per heavy atom. The van der Waals surface area contributed by atoms with Crippen molar-refractivity contribution in [3.63, 3.8) is 0 Å². The van der Waals surface area contributed by atoms with Gasteiger partial charge >= 0.3 is 0 Å². The van der Waals surface area contributed by atoms with Gasteiger partial charge in [0.2, 0.25) is 0 Å². The Balaban J connectivity index is 1.73. The van der Waals surface area contributed by atoms with Crippen molar-refractivity contribution in [2.75, 3.05) is 0 Å². The third-order valence-electron chi connectivity index (χ3n) is 2.94. The van der Waals surface area contributed by atoms with Crippen molar-refractivity contribution in [1.29, 1.82) is 10.5 Å². The van der Waals surface area contributed by atoms with Gasteiger partial charge in [0, 0.05) is 12.8 Å². The number of aromatic nitrogens is 1. The maximum atomic E-state index is 8.80. The first-order valence-electron chi connectivity index (χ1n) is 7.21. The van der Waals surface area contributed by atoms with Gasteiger partial charge in [-0.25, -0.2) is 4.98 Å². The van der Waals surface area contributed by atoms with Crippen LogP contribution in [-0.4, -0.2) is 11.0 Å². The molecule has 0 spiro atoms. The molecule has 0 bridgehead atoms. The van der Waals surface area contributed by atoms with Crippen molar-refractivity contribution in [1.82, 2.24) is 10.3 Å². The molecule has 1 aliphatic rings. The molecule has 0 fully saturated rings. The van der Waals surface area contributed by atoms with Gasteiger partial charge in [-0.2, -0.15) is 10.5 Å². The molecular weight excluding hydrogens is 284 g/mol. The normalized spacial score (nSPS) is 14.7. The smallest absolute Gasteiger partial charge is 0.141 e. The molecule has 0 aromatic carbocycles. The third kappa shape index (κ3) is 5.43. The number of nitrogens with zero attached hydrogens (tertiary/aromatic N) is 3. The Labute approximate surface area is 136 Å². The topological polar surface area (TPSA) is 72.5 Å². The summed E-state index contributed by atoms with van der Waals surface area (Å²) in [5.41, 5.74) is 1.52. The molecule has 4 nitrogen and oxygen atoms in total. The minimum Gasteiger partial charge on any atom is -0.360 e. The van der Waals surface area contributed by atoms with Crippen LogP contribution in [0.2, 0.25) is 0 Å². The molecule has 23 heavy (non-hydrogen) atoms. The molecule has 0 saturated heterocycles. The number of nitriles is 2. The number of rotatable bonds is 2. The zero-order valence-corrected chi connectivity index (χ0v) is 12.5. The van der Waals surface area contributed by atoms with Crippen molar-refractivity contribution in [2.45, 2.75) is 25.3 Å². The summed E-state index contributed by atoms with van der Waals surface area (Å²) in [4.78, 5) is 4.09.